The van der Waals surface area contributed by atoms with Crippen LogP contribution in [0.2, 0.25) is 5.02 Å². The van der Waals surface area contributed by atoms with Crippen LogP contribution in [0.3, 0.4) is 0 Å². The first-order chi connectivity index (χ1) is 9.13. The minimum atomic E-state index is -1.14. The van der Waals surface area contributed by atoms with Crippen LogP contribution < -0.4 is 4.90 Å². The van der Waals surface area contributed by atoms with Gasteiger partial charge in [0.15, 0.2) is 5.69 Å². The third-order valence-corrected chi connectivity index (χ3v) is 3.72. The van der Waals surface area contributed by atoms with Gasteiger partial charge in [-0.25, -0.2) is 9.78 Å². The molecule has 2 N–H and O–H groups in total. The summed E-state index contributed by atoms with van der Waals surface area (Å²) in [6.45, 7) is 0.825. The molecule has 0 amide bonds. The van der Waals surface area contributed by atoms with Gasteiger partial charge in [-0.3, -0.25) is 0 Å². The maximum absolute atomic E-state index is 11.1. The number of halogens is 1. The first-order valence-corrected chi connectivity index (χ1v) is 6.78. The largest absolute Gasteiger partial charge is 0.476 e. The summed E-state index contributed by atoms with van der Waals surface area (Å²) in [5, 5.41) is 18.7. The minimum Gasteiger partial charge on any atom is -0.476 e. The van der Waals surface area contributed by atoms with Crippen LogP contribution in [0.5, 0.6) is 0 Å². The number of aromatic nitrogens is 1. The van der Waals surface area contributed by atoms with Gasteiger partial charge >= 0.3 is 5.97 Å². The van der Waals surface area contributed by atoms with E-state index in [-0.39, 0.29) is 23.4 Å². The molecule has 5 nitrogen and oxygen atoms in total. The lowest BCUT2D eigenvalue weighted by atomic mass is 10.1. The predicted molar refractivity (Wildman–Crippen MR) is 72.9 cm³/mol. The van der Waals surface area contributed by atoms with Gasteiger partial charge in [0.2, 0.25) is 0 Å². The molecular weight excluding hydrogens is 268 g/mol. The molecule has 0 aliphatic carbocycles. The van der Waals surface area contributed by atoms with Gasteiger partial charge in [-0.2, -0.15) is 0 Å². The molecule has 2 heterocycles. The SMILES string of the molecule is O=C(O)c1nc(N2CCCCCC2CO)ccc1Cl. The van der Waals surface area contributed by atoms with Crippen molar-refractivity contribution in [3.05, 3.63) is 22.8 Å². The number of hydrogen-bond acceptors (Lipinski definition) is 4. The summed E-state index contributed by atoms with van der Waals surface area (Å²) >= 11 is 5.82. The zero-order valence-electron chi connectivity index (χ0n) is 10.5. The third-order valence-electron chi connectivity index (χ3n) is 3.42. The molecule has 0 aromatic carbocycles. The molecule has 1 aliphatic heterocycles. The molecule has 1 saturated heterocycles. The summed E-state index contributed by atoms with van der Waals surface area (Å²) in [7, 11) is 0. The fourth-order valence-electron chi connectivity index (χ4n) is 2.41. The highest BCUT2D eigenvalue weighted by Crippen LogP contribution is 2.25. The normalized spacial score (nSPS) is 20.1. The van der Waals surface area contributed by atoms with Crippen molar-refractivity contribution in [1.82, 2.24) is 4.98 Å². The van der Waals surface area contributed by atoms with Gasteiger partial charge in [-0.1, -0.05) is 24.4 Å². The van der Waals surface area contributed by atoms with Gasteiger partial charge in [0.25, 0.3) is 0 Å². The van der Waals surface area contributed by atoms with E-state index in [9.17, 15) is 9.90 Å². The second-order valence-electron chi connectivity index (χ2n) is 4.68. The minimum absolute atomic E-state index is 0.00202. The number of aromatic carboxylic acids is 1. The fourth-order valence-corrected chi connectivity index (χ4v) is 2.60. The van der Waals surface area contributed by atoms with Gasteiger partial charge in [0.1, 0.15) is 5.82 Å². The Morgan fingerprint density at radius 2 is 2.21 bits per heavy atom. The van der Waals surface area contributed by atoms with Gasteiger partial charge in [-0.05, 0) is 25.0 Å². The molecule has 2 rings (SSSR count). The standard InChI is InChI=1S/C13H17ClN2O3/c14-10-5-6-11(15-12(10)13(18)19)16-7-3-1-2-4-9(16)8-17/h5-6,9,17H,1-4,7-8H2,(H,18,19). The summed E-state index contributed by atoms with van der Waals surface area (Å²) in [6, 6.07) is 3.26. The fraction of sp³-hybridized carbons (Fsp3) is 0.538. The quantitative estimate of drug-likeness (QED) is 0.890. The Morgan fingerprint density at radius 3 is 2.89 bits per heavy atom. The maximum atomic E-state index is 11.1. The molecule has 1 aliphatic rings. The second kappa shape index (κ2) is 6.21. The van der Waals surface area contributed by atoms with E-state index in [1.165, 1.54) is 0 Å². The summed E-state index contributed by atoms with van der Waals surface area (Å²) in [5.41, 5.74) is -0.139. The van der Waals surface area contributed by atoms with Crippen molar-refractivity contribution in [2.24, 2.45) is 0 Å². The lowest BCUT2D eigenvalue weighted by molar-refractivity contribution is 0.0691. The molecule has 6 heteroatoms. The molecule has 1 aromatic rings. The first kappa shape index (κ1) is 14.1. The Kier molecular flexibility index (Phi) is 4.61. The van der Waals surface area contributed by atoms with Crippen LogP contribution in [0, 0.1) is 0 Å². The number of carboxylic acid groups (broad SMARTS) is 1. The Morgan fingerprint density at radius 1 is 1.42 bits per heavy atom. The van der Waals surface area contributed by atoms with E-state index in [4.69, 9.17) is 16.7 Å². The van der Waals surface area contributed by atoms with E-state index in [0.29, 0.717) is 5.82 Å². The highest BCUT2D eigenvalue weighted by molar-refractivity contribution is 6.33. The van der Waals surface area contributed by atoms with Crippen molar-refractivity contribution in [3.8, 4) is 0 Å². The van der Waals surface area contributed by atoms with Crippen LogP contribution in [0.25, 0.3) is 0 Å². The number of nitrogens with zero attached hydrogens (tertiary/aromatic N) is 2. The van der Waals surface area contributed by atoms with Crippen molar-refractivity contribution in [2.75, 3.05) is 18.1 Å². The molecule has 0 bridgehead atoms. The number of pyridine rings is 1. The maximum Gasteiger partial charge on any atom is 0.356 e. The van der Waals surface area contributed by atoms with Crippen molar-refractivity contribution < 1.29 is 15.0 Å². The summed E-state index contributed by atoms with van der Waals surface area (Å²) < 4.78 is 0. The van der Waals surface area contributed by atoms with Crippen molar-refractivity contribution in [3.63, 3.8) is 0 Å². The van der Waals surface area contributed by atoms with Gasteiger partial charge in [-0.15, -0.1) is 0 Å². The average Bonchev–Trinajstić information content (AvgIpc) is 2.64. The van der Waals surface area contributed by atoms with E-state index in [1.807, 2.05) is 4.90 Å². The number of hydrogen-bond donors (Lipinski definition) is 2. The Hall–Kier alpha value is -1.33. The number of anilines is 1. The zero-order valence-corrected chi connectivity index (χ0v) is 11.3. The lowest BCUT2D eigenvalue weighted by Gasteiger charge is -2.29. The number of aliphatic hydroxyl groups is 1. The molecular formula is C13H17ClN2O3. The molecule has 1 fully saturated rings. The van der Waals surface area contributed by atoms with Gasteiger partial charge in [0.05, 0.1) is 17.7 Å². The number of rotatable bonds is 3. The smallest absolute Gasteiger partial charge is 0.356 e. The summed E-state index contributed by atoms with van der Waals surface area (Å²) in [6.07, 6.45) is 4.10. The Balaban J connectivity index is 2.33. The molecule has 0 radical (unpaired) electrons. The Bertz CT molecular complexity index is 467. The van der Waals surface area contributed by atoms with Crippen LogP contribution in [-0.2, 0) is 0 Å². The zero-order chi connectivity index (χ0) is 13.8. The topological polar surface area (TPSA) is 73.7 Å². The van der Waals surface area contributed by atoms with E-state index in [1.54, 1.807) is 12.1 Å². The highest BCUT2D eigenvalue weighted by atomic mass is 35.5. The number of aliphatic hydroxyl groups excluding tert-OH is 1. The molecule has 19 heavy (non-hydrogen) atoms. The molecule has 0 spiro atoms. The first-order valence-electron chi connectivity index (χ1n) is 6.41. The number of carboxylic acids is 1. The average molecular weight is 285 g/mol. The lowest BCUT2D eigenvalue weighted by Crippen LogP contribution is -2.38. The third kappa shape index (κ3) is 3.16. The molecule has 104 valence electrons. The van der Waals surface area contributed by atoms with E-state index in [2.05, 4.69) is 4.98 Å². The predicted octanol–water partition coefficient (Wildman–Crippen LogP) is 2.17. The van der Waals surface area contributed by atoms with Crippen molar-refractivity contribution in [1.29, 1.82) is 0 Å². The molecule has 1 atom stereocenters. The molecule has 1 unspecified atom stereocenters. The molecule has 0 saturated carbocycles. The van der Waals surface area contributed by atoms with Crippen LogP contribution >= 0.6 is 11.6 Å². The summed E-state index contributed by atoms with van der Waals surface area (Å²) in [5.74, 6) is -0.565. The second-order valence-corrected chi connectivity index (χ2v) is 5.09. The Labute approximate surface area is 116 Å². The summed E-state index contributed by atoms with van der Waals surface area (Å²) in [4.78, 5) is 17.2. The van der Waals surface area contributed by atoms with Crippen LogP contribution in [0.15, 0.2) is 12.1 Å². The van der Waals surface area contributed by atoms with Gasteiger partial charge in [0, 0.05) is 6.54 Å². The highest BCUT2D eigenvalue weighted by Gasteiger charge is 2.23. The number of carbonyl (C=O) groups is 1. The van der Waals surface area contributed by atoms with E-state index in [0.717, 1.165) is 32.2 Å². The monoisotopic (exact) mass is 284 g/mol. The van der Waals surface area contributed by atoms with Crippen LogP contribution in [0.4, 0.5) is 5.82 Å². The van der Waals surface area contributed by atoms with Gasteiger partial charge < -0.3 is 15.1 Å². The molecule has 1 aromatic heterocycles. The van der Waals surface area contributed by atoms with Crippen molar-refractivity contribution >= 4 is 23.4 Å². The van der Waals surface area contributed by atoms with Crippen LogP contribution in [0.1, 0.15) is 36.2 Å². The van der Waals surface area contributed by atoms with E-state index < -0.39 is 5.97 Å². The van der Waals surface area contributed by atoms with Crippen molar-refractivity contribution in [2.45, 2.75) is 31.7 Å². The van der Waals surface area contributed by atoms with Crippen LogP contribution in [-0.4, -0.2) is 40.4 Å². The van der Waals surface area contributed by atoms with E-state index >= 15 is 0 Å².